The molecular weight excluding hydrogens is 390 g/mol. The number of hydrogen-bond acceptors (Lipinski definition) is 7. The molecule has 0 saturated carbocycles. The third-order valence-corrected chi connectivity index (χ3v) is 4.57. The molecule has 0 saturated heterocycles. The monoisotopic (exact) mass is 409 g/mol. The molecule has 0 aliphatic heterocycles. The average Bonchev–Trinajstić information content (AvgIpc) is 3.09. The fourth-order valence-electron chi connectivity index (χ4n) is 2.12. The van der Waals surface area contributed by atoms with Crippen LogP contribution in [0.3, 0.4) is 0 Å². The number of halogens is 1. The molecule has 9 heteroatoms. The van der Waals surface area contributed by atoms with Gasteiger partial charge in [0.05, 0.1) is 4.34 Å². The zero-order valence-corrected chi connectivity index (χ0v) is 16.8. The molecule has 0 spiro atoms. The van der Waals surface area contributed by atoms with E-state index < -0.39 is 0 Å². The Kier molecular flexibility index (Phi) is 8.09. The first-order valence-corrected chi connectivity index (χ1v) is 9.19. The third kappa shape index (κ3) is 6.26. The molecule has 1 amide bonds. The number of nitrogens with one attached hydrogen (secondary N) is 1. The predicted molar refractivity (Wildman–Crippen MR) is 106 cm³/mol. The fourth-order valence-corrected chi connectivity index (χ4v) is 3.12. The maximum Gasteiger partial charge on any atom is 0.273 e. The number of ether oxygens (including phenoxy) is 1. The Hall–Kier alpha value is -2.58. The van der Waals surface area contributed by atoms with Gasteiger partial charge in [0.15, 0.2) is 12.3 Å². The first-order chi connectivity index (χ1) is 13.0. The number of thiophene rings is 1. The fraction of sp³-hybridized carbons (Fsp3) is 0.278. The van der Waals surface area contributed by atoms with Gasteiger partial charge < -0.3 is 19.7 Å². The van der Waals surface area contributed by atoms with E-state index in [1.807, 2.05) is 24.3 Å². The average molecular weight is 410 g/mol. The maximum atomic E-state index is 12.1. The molecule has 7 nitrogen and oxygen atoms in total. The van der Waals surface area contributed by atoms with Crippen molar-refractivity contribution >= 4 is 40.5 Å². The van der Waals surface area contributed by atoms with Crippen LogP contribution in [0.15, 0.2) is 46.7 Å². The van der Waals surface area contributed by atoms with Crippen LogP contribution in [0, 0.1) is 0 Å². The Labute approximate surface area is 166 Å². The van der Waals surface area contributed by atoms with Crippen LogP contribution < -0.4 is 5.32 Å². The largest absolute Gasteiger partial charge is 0.474 e. The van der Waals surface area contributed by atoms with E-state index >= 15 is 0 Å². The molecule has 0 fully saturated rings. The summed E-state index contributed by atoms with van der Waals surface area (Å²) in [6, 6.07) is 11.0. The van der Waals surface area contributed by atoms with Gasteiger partial charge in [0, 0.05) is 24.4 Å². The standard InChI is InChI=1S/C18H20ClN3O4S/c1-12(21-26-11-14-8-9-16(19)27-14)25-10-13-6-4-5-7-15(13)17(22-24-3)18(23)20-2/h4-9H,10-11H2,1-3H3,(H,20,23)/b21-12+,22-17+. The van der Waals surface area contributed by atoms with Crippen molar-refractivity contribution in [2.24, 2.45) is 10.3 Å². The molecule has 0 bridgehead atoms. The molecule has 1 heterocycles. The highest BCUT2D eigenvalue weighted by molar-refractivity contribution is 7.16. The van der Waals surface area contributed by atoms with E-state index in [-0.39, 0.29) is 18.2 Å². The zero-order chi connectivity index (χ0) is 19.6. The second kappa shape index (κ2) is 10.5. The van der Waals surface area contributed by atoms with E-state index in [9.17, 15) is 4.79 Å². The van der Waals surface area contributed by atoms with Crippen molar-refractivity contribution < 1.29 is 19.2 Å². The van der Waals surface area contributed by atoms with E-state index in [4.69, 9.17) is 26.0 Å². The molecule has 144 valence electrons. The lowest BCUT2D eigenvalue weighted by molar-refractivity contribution is -0.114. The molecule has 2 aromatic rings. The summed E-state index contributed by atoms with van der Waals surface area (Å²) < 4.78 is 6.33. The molecule has 0 aliphatic carbocycles. The molecule has 1 aromatic heterocycles. The van der Waals surface area contributed by atoms with E-state index in [2.05, 4.69) is 15.6 Å². The molecule has 1 N–H and O–H groups in total. The van der Waals surface area contributed by atoms with Crippen molar-refractivity contribution in [2.45, 2.75) is 20.1 Å². The van der Waals surface area contributed by atoms with Crippen LogP contribution in [0.25, 0.3) is 0 Å². The van der Waals surface area contributed by atoms with E-state index in [1.54, 1.807) is 19.1 Å². The van der Waals surface area contributed by atoms with Crippen molar-refractivity contribution in [3.63, 3.8) is 0 Å². The Balaban J connectivity index is 2.01. The molecule has 2 rings (SSSR count). The summed E-state index contributed by atoms with van der Waals surface area (Å²) in [5.74, 6) is 0.00487. The number of nitrogens with zero attached hydrogens (tertiary/aromatic N) is 2. The highest BCUT2D eigenvalue weighted by Crippen LogP contribution is 2.22. The van der Waals surface area contributed by atoms with Gasteiger partial charge in [-0.3, -0.25) is 4.79 Å². The van der Waals surface area contributed by atoms with Crippen LogP contribution in [0.2, 0.25) is 4.34 Å². The van der Waals surface area contributed by atoms with Crippen LogP contribution in [-0.4, -0.2) is 31.7 Å². The second-order valence-electron chi connectivity index (χ2n) is 5.24. The number of likely N-dealkylation sites (N-methyl/N-ethyl adjacent to an activating group) is 1. The van der Waals surface area contributed by atoms with Crippen molar-refractivity contribution in [3.8, 4) is 0 Å². The summed E-state index contributed by atoms with van der Waals surface area (Å²) >= 11 is 7.30. The molecule has 27 heavy (non-hydrogen) atoms. The number of carbonyl (C=O) groups is 1. The van der Waals surface area contributed by atoms with E-state index in [0.717, 1.165) is 10.4 Å². The van der Waals surface area contributed by atoms with Crippen molar-refractivity contribution in [3.05, 3.63) is 56.7 Å². The second-order valence-corrected chi connectivity index (χ2v) is 7.04. The van der Waals surface area contributed by atoms with E-state index in [1.165, 1.54) is 25.5 Å². The summed E-state index contributed by atoms with van der Waals surface area (Å²) in [6.45, 7) is 2.20. The van der Waals surface area contributed by atoms with Crippen LogP contribution in [-0.2, 0) is 32.4 Å². The summed E-state index contributed by atoms with van der Waals surface area (Å²) in [6.07, 6.45) is 0. The number of hydrogen-bond donors (Lipinski definition) is 1. The van der Waals surface area contributed by atoms with Crippen LogP contribution in [0.4, 0.5) is 0 Å². The summed E-state index contributed by atoms with van der Waals surface area (Å²) in [5, 5.41) is 10.3. The number of benzene rings is 1. The van der Waals surface area contributed by atoms with Crippen molar-refractivity contribution in [1.29, 1.82) is 0 Å². The van der Waals surface area contributed by atoms with Crippen molar-refractivity contribution in [2.75, 3.05) is 14.2 Å². The molecule has 0 radical (unpaired) electrons. The zero-order valence-electron chi connectivity index (χ0n) is 15.2. The number of amides is 1. The normalized spacial score (nSPS) is 11.9. The van der Waals surface area contributed by atoms with Gasteiger partial charge >= 0.3 is 0 Å². The first kappa shape index (κ1) is 20.7. The molecule has 1 aromatic carbocycles. The highest BCUT2D eigenvalue weighted by Gasteiger charge is 2.17. The van der Waals surface area contributed by atoms with Gasteiger partial charge in [-0.15, -0.1) is 11.3 Å². The highest BCUT2D eigenvalue weighted by atomic mass is 35.5. The van der Waals surface area contributed by atoms with Gasteiger partial charge in [-0.2, -0.15) is 0 Å². The van der Waals surface area contributed by atoms with Crippen LogP contribution >= 0.6 is 22.9 Å². The number of oxime groups is 2. The van der Waals surface area contributed by atoms with Gasteiger partial charge in [-0.05, 0) is 17.7 Å². The lowest BCUT2D eigenvalue weighted by atomic mass is 10.0. The lowest BCUT2D eigenvalue weighted by Gasteiger charge is -2.11. The Morgan fingerprint density at radius 2 is 1.96 bits per heavy atom. The van der Waals surface area contributed by atoms with Gasteiger partial charge in [0.1, 0.15) is 13.7 Å². The minimum Gasteiger partial charge on any atom is -0.474 e. The predicted octanol–water partition coefficient (Wildman–Crippen LogP) is 3.56. The molecule has 0 atom stereocenters. The van der Waals surface area contributed by atoms with Crippen LogP contribution in [0.1, 0.15) is 22.9 Å². The third-order valence-electron chi connectivity index (χ3n) is 3.36. The van der Waals surface area contributed by atoms with E-state index in [0.29, 0.717) is 22.4 Å². The summed E-state index contributed by atoms with van der Waals surface area (Å²) in [4.78, 5) is 23.1. The van der Waals surface area contributed by atoms with Gasteiger partial charge in [-0.1, -0.05) is 46.2 Å². The van der Waals surface area contributed by atoms with Crippen LogP contribution in [0.5, 0.6) is 0 Å². The number of rotatable bonds is 8. The smallest absolute Gasteiger partial charge is 0.273 e. The lowest BCUT2D eigenvalue weighted by Crippen LogP contribution is -2.29. The molecular formula is C18H20ClN3O4S. The van der Waals surface area contributed by atoms with Gasteiger partial charge in [0.25, 0.3) is 5.91 Å². The summed E-state index contributed by atoms with van der Waals surface area (Å²) in [5.41, 5.74) is 1.54. The molecule has 0 unspecified atom stereocenters. The van der Waals surface area contributed by atoms with Gasteiger partial charge in [-0.25, -0.2) is 0 Å². The SMILES string of the molecule is CNC(=O)/C(=N/OC)c1ccccc1CO/C(C)=N/OCc1ccc(Cl)s1. The minimum absolute atomic E-state index is 0.166. The maximum absolute atomic E-state index is 12.1. The Bertz CT molecular complexity index is 836. The number of carbonyl (C=O) groups excluding carboxylic acids is 1. The van der Waals surface area contributed by atoms with Crippen molar-refractivity contribution in [1.82, 2.24) is 5.32 Å². The first-order valence-electron chi connectivity index (χ1n) is 8.00. The minimum atomic E-state index is -0.354. The Morgan fingerprint density at radius 1 is 1.19 bits per heavy atom. The quantitative estimate of drug-likeness (QED) is 0.410. The topological polar surface area (TPSA) is 81.5 Å². The van der Waals surface area contributed by atoms with Gasteiger partial charge in [0.2, 0.25) is 5.90 Å². The molecule has 0 aliphatic rings. The Morgan fingerprint density at radius 3 is 2.63 bits per heavy atom. The summed E-state index contributed by atoms with van der Waals surface area (Å²) in [7, 11) is 2.92.